The molecule has 2 heterocycles. The van der Waals surface area contributed by atoms with Gasteiger partial charge in [-0.2, -0.15) is 5.26 Å². The van der Waals surface area contributed by atoms with Crippen LogP contribution in [-0.2, 0) is 11.2 Å². The zero-order chi connectivity index (χ0) is 17.7. The van der Waals surface area contributed by atoms with E-state index in [9.17, 15) is 20.2 Å². The van der Waals surface area contributed by atoms with E-state index in [1.807, 2.05) is 20.8 Å². The van der Waals surface area contributed by atoms with Crippen molar-refractivity contribution in [2.24, 2.45) is 10.8 Å². The number of ketones is 1. The number of nitriles is 1. The first-order chi connectivity index (χ1) is 11.2. The third kappa shape index (κ3) is 2.27. The molecule has 2 atom stereocenters. The van der Waals surface area contributed by atoms with Crippen molar-refractivity contribution < 1.29 is 9.72 Å². The van der Waals surface area contributed by atoms with Crippen molar-refractivity contribution in [1.29, 1.82) is 5.26 Å². The molecule has 1 aromatic rings. The molecule has 1 fully saturated rings. The fourth-order valence-electron chi connectivity index (χ4n) is 4.16. The summed E-state index contributed by atoms with van der Waals surface area (Å²) in [6.07, 6.45) is 1.96. The summed E-state index contributed by atoms with van der Waals surface area (Å²) in [6, 6.07) is 6.95. The quantitative estimate of drug-likeness (QED) is 0.614. The molecule has 0 saturated carbocycles. The van der Waals surface area contributed by atoms with Gasteiger partial charge in [-0.1, -0.05) is 20.8 Å². The van der Waals surface area contributed by atoms with Gasteiger partial charge in [0.15, 0.2) is 5.78 Å². The average Bonchev–Trinajstić information content (AvgIpc) is 3.02. The van der Waals surface area contributed by atoms with E-state index in [1.165, 1.54) is 12.1 Å². The second kappa shape index (κ2) is 5.30. The summed E-state index contributed by atoms with van der Waals surface area (Å²) >= 11 is 0. The normalized spacial score (nSPS) is 25.6. The van der Waals surface area contributed by atoms with Crippen molar-refractivity contribution >= 4 is 17.2 Å². The molecule has 1 saturated heterocycles. The van der Waals surface area contributed by atoms with Crippen LogP contribution in [0, 0.1) is 32.3 Å². The second-order valence-corrected chi connectivity index (χ2v) is 7.76. The maximum atomic E-state index is 13.2. The van der Waals surface area contributed by atoms with Gasteiger partial charge < -0.3 is 4.90 Å². The van der Waals surface area contributed by atoms with Crippen LogP contribution in [0.25, 0.3) is 0 Å². The van der Waals surface area contributed by atoms with Gasteiger partial charge in [0.2, 0.25) is 0 Å². The van der Waals surface area contributed by atoms with Gasteiger partial charge in [0.25, 0.3) is 5.69 Å². The molecule has 6 heteroatoms. The Morgan fingerprint density at radius 2 is 2.17 bits per heavy atom. The van der Waals surface area contributed by atoms with Crippen LogP contribution >= 0.6 is 0 Å². The maximum Gasteiger partial charge on any atom is 0.269 e. The number of rotatable bonds is 2. The Morgan fingerprint density at radius 1 is 1.46 bits per heavy atom. The highest BCUT2D eigenvalue weighted by atomic mass is 16.6. The molecule has 2 aliphatic rings. The standard InChI is InChI=1S/C18H21N3O3/c1-17(2,3)16(22)18(11-19)10-12-9-13(21(23)24)6-7-14(12)20-8-4-5-15(18)20/h6-7,9,15H,4-5,8,10H2,1-3H3. The van der Waals surface area contributed by atoms with Crippen LogP contribution in [0.5, 0.6) is 0 Å². The number of non-ortho nitro benzene ring substituents is 1. The maximum absolute atomic E-state index is 13.2. The predicted octanol–water partition coefficient (Wildman–Crippen LogP) is 3.24. The lowest BCUT2D eigenvalue weighted by atomic mass is 9.63. The van der Waals surface area contributed by atoms with Crippen LogP contribution in [0.3, 0.4) is 0 Å². The average molecular weight is 327 g/mol. The van der Waals surface area contributed by atoms with E-state index < -0.39 is 15.8 Å². The first-order valence-corrected chi connectivity index (χ1v) is 8.21. The Labute approximate surface area is 141 Å². The number of benzene rings is 1. The molecule has 0 amide bonds. The molecule has 1 aromatic carbocycles. The molecule has 2 unspecified atom stereocenters. The Balaban J connectivity index is 2.17. The van der Waals surface area contributed by atoms with Gasteiger partial charge in [-0.25, -0.2) is 0 Å². The van der Waals surface area contributed by atoms with Gasteiger partial charge in [-0.05, 0) is 24.5 Å². The van der Waals surface area contributed by atoms with Crippen molar-refractivity contribution in [3.8, 4) is 6.07 Å². The second-order valence-electron chi connectivity index (χ2n) is 7.76. The molecule has 6 nitrogen and oxygen atoms in total. The first kappa shape index (κ1) is 16.4. The van der Waals surface area contributed by atoms with Gasteiger partial charge in [0.1, 0.15) is 5.41 Å². The van der Waals surface area contributed by atoms with Crippen LogP contribution in [0.2, 0.25) is 0 Å². The minimum absolute atomic E-state index is 0.00134. The number of carbonyl (C=O) groups is 1. The van der Waals surface area contributed by atoms with Crippen LogP contribution in [-0.4, -0.2) is 23.3 Å². The lowest BCUT2D eigenvalue weighted by molar-refractivity contribution is -0.384. The summed E-state index contributed by atoms with van der Waals surface area (Å²) in [5.41, 5.74) is -0.127. The van der Waals surface area contributed by atoms with Gasteiger partial charge in [-0.3, -0.25) is 14.9 Å². The summed E-state index contributed by atoms with van der Waals surface area (Å²) in [6.45, 7) is 6.26. The molecule has 0 N–H and O–H groups in total. The zero-order valence-corrected chi connectivity index (χ0v) is 14.2. The summed E-state index contributed by atoms with van der Waals surface area (Å²) in [4.78, 5) is 25.9. The number of fused-ring (bicyclic) bond motifs is 3. The van der Waals surface area contributed by atoms with E-state index in [-0.39, 0.29) is 23.9 Å². The van der Waals surface area contributed by atoms with Gasteiger partial charge in [0.05, 0.1) is 17.0 Å². The molecule has 3 rings (SSSR count). The molecular weight excluding hydrogens is 306 g/mol. The highest BCUT2D eigenvalue weighted by molar-refractivity contribution is 5.94. The van der Waals surface area contributed by atoms with Crippen molar-refractivity contribution in [2.75, 3.05) is 11.4 Å². The van der Waals surface area contributed by atoms with E-state index in [4.69, 9.17) is 0 Å². The number of Topliss-reactive ketones (excluding diaryl/α,β-unsaturated/α-hetero) is 1. The van der Waals surface area contributed by atoms with Crippen molar-refractivity contribution in [1.82, 2.24) is 0 Å². The van der Waals surface area contributed by atoms with Crippen LogP contribution in [0.15, 0.2) is 18.2 Å². The monoisotopic (exact) mass is 327 g/mol. The number of nitrogens with zero attached hydrogens (tertiary/aromatic N) is 3. The van der Waals surface area contributed by atoms with Crippen LogP contribution in [0.1, 0.15) is 39.2 Å². The summed E-state index contributed by atoms with van der Waals surface area (Å²) < 4.78 is 0. The van der Waals surface area contributed by atoms with Gasteiger partial charge in [-0.15, -0.1) is 0 Å². The number of hydrogen-bond donors (Lipinski definition) is 0. The number of nitro groups is 1. The fourth-order valence-corrected chi connectivity index (χ4v) is 4.16. The molecular formula is C18H21N3O3. The highest BCUT2D eigenvalue weighted by Crippen LogP contribution is 2.49. The predicted molar refractivity (Wildman–Crippen MR) is 89.7 cm³/mol. The number of carbonyl (C=O) groups excluding carboxylic acids is 1. The fraction of sp³-hybridized carbons (Fsp3) is 0.556. The Kier molecular flexibility index (Phi) is 3.63. The third-order valence-electron chi connectivity index (χ3n) is 5.16. The minimum atomic E-state index is -1.14. The molecule has 126 valence electrons. The Morgan fingerprint density at radius 3 is 2.75 bits per heavy atom. The zero-order valence-electron chi connectivity index (χ0n) is 14.2. The minimum Gasteiger partial charge on any atom is -0.366 e. The SMILES string of the molecule is CC(C)(C)C(=O)C1(C#N)Cc2cc([N+](=O)[O-])ccc2N2CCCC21. The molecule has 0 radical (unpaired) electrons. The van der Waals surface area contributed by atoms with Crippen molar-refractivity contribution in [2.45, 2.75) is 46.1 Å². The van der Waals surface area contributed by atoms with E-state index in [1.54, 1.807) is 6.07 Å². The topological polar surface area (TPSA) is 87.2 Å². The highest BCUT2D eigenvalue weighted by Gasteiger charge is 2.56. The number of anilines is 1. The number of hydrogen-bond acceptors (Lipinski definition) is 5. The molecule has 0 aromatic heterocycles. The molecule has 0 spiro atoms. The van der Waals surface area contributed by atoms with E-state index in [0.717, 1.165) is 30.6 Å². The van der Waals surface area contributed by atoms with Crippen LogP contribution < -0.4 is 4.90 Å². The molecule has 0 bridgehead atoms. The van der Waals surface area contributed by atoms with E-state index in [0.29, 0.717) is 0 Å². The Hall–Kier alpha value is -2.42. The molecule has 0 aliphatic carbocycles. The summed E-state index contributed by atoms with van der Waals surface area (Å²) in [7, 11) is 0. The van der Waals surface area contributed by atoms with E-state index in [2.05, 4.69) is 11.0 Å². The van der Waals surface area contributed by atoms with Crippen molar-refractivity contribution in [3.63, 3.8) is 0 Å². The van der Waals surface area contributed by atoms with Gasteiger partial charge >= 0.3 is 0 Å². The van der Waals surface area contributed by atoms with E-state index >= 15 is 0 Å². The largest absolute Gasteiger partial charge is 0.366 e. The molecule has 24 heavy (non-hydrogen) atoms. The van der Waals surface area contributed by atoms with Gasteiger partial charge in [0, 0.05) is 36.2 Å². The van der Waals surface area contributed by atoms with Crippen LogP contribution in [0.4, 0.5) is 11.4 Å². The third-order valence-corrected chi connectivity index (χ3v) is 5.16. The number of nitro benzene ring substituents is 1. The first-order valence-electron chi connectivity index (χ1n) is 8.21. The lowest BCUT2D eigenvalue weighted by Gasteiger charge is -2.45. The molecule has 2 aliphatic heterocycles. The summed E-state index contributed by atoms with van der Waals surface area (Å²) in [5.74, 6) is -0.0773. The smallest absolute Gasteiger partial charge is 0.269 e. The summed E-state index contributed by atoms with van der Waals surface area (Å²) in [5, 5.41) is 21.1. The lowest BCUT2D eigenvalue weighted by Crippen LogP contribution is -2.56. The Bertz CT molecular complexity index is 760. The van der Waals surface area contributed by atoms with Crippen molar-refractivity contribution in [3.05, 3.63) is 33.9 Å².